The van der Waals surface area contributed by atoms with Gasteiger partial charge in [0, 0.05) is 26.5 Å². The lowest BCUT2D eigenvalue weighted by Crippen LogP contribution is -2.20. The van der Waals surface area contributed by atoms with Gasteiger partial charge < -0.3 is 14.6 Å². The summed E-state index contributed by atoms with van der Waals surface area (Å²) in [6.07, 6.45) is 2.91. The van der Waals surface area contributed by atoms with Gasteiger partial charge in [0.25, 0.3) is 0 Å². The Morgan fingerprint density at radius 3 is 2.74 bits per heavy atom. The number of anilines is 1. The van der Waals surface area contributed by atoms with E-state index in [4.69, 9.17) is 0 Å². The van der Waals surface area contributed by atoms with E-state index in [1.807, 2.05) is 24.9 Å². The number of halogens is 1. The van der Waals surface area contributed by atoms with Gasteiger partial charge in [-0.3, -0.25) is 0 Å². The van der Waals surface area contributed by atoms with Crippen molar-refractivity contribution in [1.82, 2.24) is 9.55 Å². The maximum absolute atomic E-state index is 14.0. The molecular weight excluding hydrogens is 245 g/mol. The number of imidazole rings is 1. The summed E-state index contributed by atoms with van der Waals surface area (Å²) in [5.74, 6) is 0.525. The van der Waals surface area contributed by atoms with E-state index in [1.165, 1.54) is 6.07 Å². The van der Waals surface area contributed by atoms with Gasteiger partial charge in [0.1, 0.15) is 11.6 Å². The van der Waals surface area contributed by atoms with Crippen molar-refractivity contribution in [3.05, 3.63) is 47.8 Å². The standard InChI is InChI=1S/C14H18FN3O/c1-10(19)11-4-5-13(12(15)8-11)18(3)9-14-16-6-7-17(14)2/h4-8,10,19H,9H2,1-3H3. The third-order valence-electron chi connectivity index (χ3n) is 3.16. The van der Waals surface area contributed by atoms with Crippen molar-refractivity contribution in [1.29, 1.82) is 0 Å². The number of aliphatic hydroxyl groups excluding tert-OH is 1. The molecule has 0 spiro atoms. The topological polar surface area (TPSA) is 41.3 Å². The number of hydrogen-bond donors (Lipinski definition) is 1. The van der Waals surface area contributed by atoms with E-state index in [-0.39, 0.29) is 5.82 Å². The average molecular weight is 263 g/mol. The molecule has 1 aromatic carbocycles. The number of aromatic nitrogens is 2. The summed E-state index contributed by atoms with van der Waals surface area (Å²) in [6.45, 7) is 2.14. The van der Waals surface area contributed by atoms with E-state index in [0.717, 1.165) is 5.82 Å². The van der Waals surface area contributed by atoms with Crippen molar-refractivity contribution in [3.8, 4) is 0 Å². The fourth-order valence-corrected chi connectivity index (χ4v) is 1.94. The van der Waals surface area contributed by atoms with Crippen LogP contribution in [0.2, 0.25) is 0 Å². The second kappa shape index (κ2) is 5.40. The molecule has 5 heteroatoms. The van der Waals surface area contributed by atoms with Crippen LogP contribution in [0.1, 0.15) is 24.4 Å². The van der Waals surface area contributed by atoms with Crippen LogP contribution in [0.3, 0.4) is 0 Å². The zero-order valence-corrected chi connectivity index (χ0v) is 11.3. The molecule has 1 N–H and O–H groups in total. The van der Waals surface area contributed by atoms with Crippen LogP contribution in [-0.4, -0.2) is 21.7 Å². The van der Waals surface area contributed by atoms with Crippen molar-refractivity contribution in [2.24, 2.45) is 7.05 Å². The van der Waals surface area contributed by atoms with Crippen LogP contribution in [0.15, 0.2) is 30.6 Å². The maximum Gasteiger partial charge on any atom is 0.146 e. The van der Waals surface area contributed by atoms with Gasteiger partial charge in [0.2, 0.25) is 0 Å². The second-order valence-corrected chi connectivity index (χ2v) is 4.70. The molecule has 0 bridgehead atoms. The number of rotatable bonds is 4. The summed E-state index contributed by atoms with van der Waals surface area (Å²) >= 11 is 0. The molecule has 0 aliphatic rings. The van der Waals surface area contributed by atoms with Gasteiger partial charge in [-0.2, -0.15) is 0 Å². The highest BCUT2D eigenvalue weighted by Crippen LogP contribution is 2.23. The molecule has 0 fully saturated rings. The summed E-state index contributed by atoms with van der Waals surface area (Å²) < 4.78 is 15.9. The lowest BCUT2D eigenvalue weighted by Gasteiger charge is -2.20. The molecule has 1 heterocycles. The molecule has 2 aromatic rings. The van der Waals surface area contributed by atoms with E-state index in [2.05, 4.69) is 4.98 Å². The van der Waals surface area contributed by atoms with Gasteiger partial charge in [0.05, 0.1) is 18.3 Å². The second-order valence-electron chi connectivity index (χ2n) is 4.70. The normalized spacial score (nSPS) is 12.5. The molecule has 0 amide bonds. The smallest absolute Gasteiger partial charge is 0.146 e. The van der Waals surface area contributed by atoms with Crippen LogP contribution in [-0.2, 0) is 13.6 Å². The monoisotopic (exact) mass is 263 g/mol. The predicted octanol–water partition coefficient (Wildman–Crippen LogP) is 2.25. The van der Waals surface area contributed by atoms with E-state index in [9.17, 15) is 9.50 Å². The number of aryl methyl sites for hydroxylation is 1. The summed E-state index contributed by atoms with van der Waals surface area (Å²) in [6, 6.07) is 4.78. The van der Waals surface area contributed by atoms with E-state index in [1.54, 1.807) is 30.2 Å². The molecule has 1 atom stereocenters. The number of benzene rings is 1. The van der Waals surface area contributed by atoms with Crippen molar-refractivity contribution in [2.45, 2.75) is 19.6 Å². The molecule has 2 rings (SSSR count). The Balaban J connectivity index is 2.20. The number of hydrogen-bond acceptors (Lipinski definition) is 3. The first kappa shape index (κ1) is 13.5. The van der Waals surface area contributed by atoms with Crippen LogP contribution in [0, 0.1) is 5.82 Å². The van der Waals surface area contributed by atoms with Crippen LogP contribution in [0.5, 0.6) is 0 Å². The van der Waals surface area contributed by atoms with Crippen LogP contribution in [0.4, 0.5) is 10.1 Å². The van der Waals surface area contributed by atoms with Crippen LogP contribution < -0.4 is 4.90 Å². The highest BCUT2D eigenvalue weighted by Gasteiger charge is 2.12. The Kier molecular flexibility index (Phi) is 3.85. The Morgan fingerprint density at radius 1 is 1.47 bits per heavy atom. The van der Waals surface area contributed by atoms with E-state index < -0.39 is 6.10 Å². The molecule has 0 saturated carbocycles. The fourth-order valence-electron chi connectivity index (χ4n) is 1.94. The Morgan fingerprint density at radius 2 is 2.21 bits per heavy atom. The lowest BCUT2D eigenvalue weighted by molar-refractivity contribution is 0.199. The van der Waals surface area contributed by atoms with Crippen molar-refractivity contribution >= 4 is 5.69 Å². The summed E-state index contributed by atoms with van der Waals surface area (Å²) in [7, 11) is 3.72. The van der Waals surface area contributed by atoms with E-state index in [0.29, 0.717) is 17.8 Å². The summed E-state index contributed by atoms with van der Waals surface area (Å²) in [5.41, 5.74) is 1.07. The third kappa shape index (κ3) is 2.93. The molecule has 1 aromatic heterocycles. The van der Waals surface area contributed by atoms with Crippen molar-refractivity contribution in [2.75, 3.05) is 11.9 Å². The fraction of sp³-hybridized carbons (Fsp3) is 0.357. The minimum Gasteiger partial charge on any atom is -0.389 e. The average Bonchev–Trinajstić information content (AvgIpc) is 2.74. The quantitative estimate of drug-likeness (QED) is 0.920. The summed E-state index contributed by atoms with van der Waals surface area (Å²) in [4.78, 5) is 6.01. The first-order chi connectivity index (χ1) is 8.99. The minimum atomic E-state index is -0.664. The van der Waals surface area contributed by atoms with Gasteiger partial charge in [-0.15, -0.1) is 0 Å². The molecule has 102 valence electrons. The van der Waals surface area contributed by atoms with Gasteiger partial charge in [-0.05, 0) is 24.6 Å². The Hall–Kier alpha value is -1.88. The predicted molar refractivity (Wildman–Crippen MR) is 72.3 cm³/mol. The van der Waals surface area contributed by atoms with Crippen LogP contribution in [0.25, 0.3) is 0 Å². The maximum atomic E-state index is 14.0. The Bertz CT molecular complexity index is 566. The van der Waals surface area contributed by atoms with Crippen LogP contribution >= 0.6 is 0 Å². The van der Waals surface area contributed by atoms with Gasteiger partial charge in [-0.25, -0.2) is 9.37 Å². The van der Waals surface area contributed by atoms with Gasteiger partial charge in [-0.1, -0.05) is 6.07 Å². The third-order valence-corrected chi connectivity index (χ3v) is 3.16. The molecule has 1 unspecified atom stereocenters. The SMILES string of the molecule is CC(O)c1ccc(N(C)Cc2nccn2C)c(F)c1. The number of aliphatic hydroxyl groups is 1. The van der Waals surface area contributed by atoms with E-state index >= 15 is 0 Å². The molecule has 19 heavy (non-hydrogen) atoms. The first-order valence-corrected chi connectivity index (χ1v) is 6.14. The molecule has 0 aliphatic heterocycles. The zero-order chi connectivity index (χ0) is 14.0. The molecule has 0 radical (unpaired) electrons. The number of nitrogens with zero attached hydrogens (tertiary/aromatic N) is 3. The highest BCUT2D eigenvalue weighted by atomic mass is 19.1. The minimum absolute atomic E-state index is 0.338. The molecule has 0 aliphatic carbocycles. The molecule has 4 nitrogen and oxygen atoms in total. The molecule has 0 saturated heterocycles. The lowest BCUT2D eigenvalue weighted by atomic mass is 10.1. The Labute approximate surface area is 112 Å². The largest absolute Gasteiger partial charge is 0.389 e. The zero-order valence-electron chi connectivity index (χ0n) is 11.3. The van der Waals surface area contributed by atoms with Crippen molar-refractivity contribution in [3.63, 3.8) is 0 Å². The first-order valence-electron chi connectivity index (χ1n) is 6.14. The van der Waals surface area contributed by atoms with Gasteiger partial charge in [0.15, 0.2) is 0 Å². The highest BCUT2D eigenvalue weighted by molar-refractivity contribution is 5.48. The van der Waals surface area contributed by atoms with Gasteiger partial charge >= 0.3 is 0 Å². The van der Waals surface area contributed by atoms with Crippen molar-refractivity contribution < 1.29 is 9.50 Å². The summed E-state index contributed by atoms with van der Waals surface area (Å²) in [5, 5.41) is 9.43. The molecular formula is C14H18FN3O.